The molecule has 6 aromatic carbocycles. The minimum absolute atomic E-state index is 0.802. The van der Waals surface area contributed by atoms with Gasteiger partial charge >= 0.3 is 0 Å². The molecule has 10 aromatic rings. The molecule has 5 heteroatoms. The van der Waals surface area contributed by atoms with E-state index in [1.165, 1.54) is 27.4 Å². The number of fused-ring (bicyclic) bond motifs is 10. The van der Waals surface area contributed by atoms with E-state index in [-0.39, 0.29) is 0 Å². The predicted molar refractivity (Wildman–Crippen MR) is 179 cm³/mol. The number of para-hydroxylation sites is 4. The molecule has 0 aliphatic heterocycles. The molecule has 0 bridgehead atoms. The lowest BCUT2D eigenvalue weighted by Gasteiger charge is -2.10. The first-order valence-corrected chi connectivity index (χ1v) is 14.8. The van der Waals surface area contributed by atoms with E-state index in [9.17, 15) is 0 Å². The Bertz CT molecular complexity index is 2700. The molecule has 44 heavy (non-hydrogen) atoms. The van der Waals surface area contributed by atoms with Crippen molar-refractivity contribution in [1.82, 2.24) is 18.5 Å². The Kier molecular flexibility index (Phi) is 4.66. The van der Waals surface area contributed by atoms with Gasteiger partial charge in [0.05, 0.1) is 27.8 Å². The summed E-state index contributed by atoms with van der Waals surface area (Å²) < 4.78 is 13.3. The van der Waals surface area contributed by atoms with Crippen molar-refractivity contribution in [1.29, 1.82) is 0 Å². The first-order valence-electron chi connectivity index (χ1n) is 14.8. The lowest BCUT2D eigenvalue weighted by Crippen LogP contribution is -1.97. The normalized spacial score (nSPS) is 12.1. The van der Waals surface area contributed by atoms with Crippen LogP contribution in [0.15, 0.2) is 150 Å². The second kappa shape index (κ2) is 8.72. The van der Waals surface area contributed by atoms with Crippen molar-refractivity contribution in [2.24, 2.45) is 0 Å². The maximum absolute atomic E-state index is 6.49. The van der Waals surface area contributed by atoms with Gasteiger partial charge in [-0.15, -0.1) is 0 Å². The molecule has 0 N–H and O–H groups in total. The molecule has 0 saturated carbocycles. The van der Waals surface area contributed by atoms with Gasteiger partial charge in [-0.3, -0.25) is 4.57 Å². The molecule has 206 valence electrons. The van der Waals surface area contributed by atoms with Gasteiger partial charge in [0.2, 0.25) is 11.5 Å². The van der Waals surface area contributed by atoms with E-state index in [1.54, 1.807) is 0 Å². The van der Waals surface area contributed by atoms with Gasteiger partial charge in [0.25, 0.3) is 0 Å². The predicted octanol–water partition coefficient (Wildman–Crippen LogP) is 9.94. The fourth-order valence-corrected chi connectivity index (χ4v) is 6.91. The highest BCUT2D eigenvalue weighted by Crippen LogP contribution is 2.39. The van der Waals surface area contributed by atoms with Gasteiger partial charge < -0.3 is 8.98 Å². The third kappa shape index (κ3) is 3.15. The van der Waals surface area contributed by atoms with E-state index in [0.717, 1.165) is 55.9 Å². The molecule has 4 aromatic heterocycles. The third-order valence-electron chi connectivity index (χ3n) is 8.87. The number of aromatic nitrogens is 4. The lowest BCUT2D eigenvalue weighted by molar-refractivity contribution is 0.651. The zero-order valence-corrected chi connectivity index (χ0v) is 23.6. The number of imidazole rings is 2. The molecule has 4 heterocycles. The summed E-state index contributed by atoms with van der Waals surface area (Å²) in [6.45, 7) is 0. The summed E-state index contributed by atoms with van der Waals surface area (Å²) in [5, 5.41) is 3.47. The molecule has 0 radical (unpaired) electrons. The van der Waals surface area contributed by atoms with E-state index >= 15 is 0 Å². The van der Waals surface area contributed by atoms with Crippen LogP contribution in [-0.4, -0.2) is 18.5 Å². The Labute approximate surface area is 251 Å². The quantitative estimate of drug-likeness (QED) is 0.214. The highest BCUT2D eigenvalue weighted by Gasteiger charge is 2.23. The first kappa shape index (κ1) is 23.5. The van der Waals surface area contributed by atoms with Gasteiger partial charge in [-0.2, -0.15) is 0 Å². The van der Waals surface area contributed by atoms with Crippen molar-refractivity contribution < 1.29 is 4.42 Å². The molecule has 10 rings (SSSR count). The second-order valence-corrected chi connectivity index (χ2v) is 11.3. The summed E-state index contributed by atoms with van der Waals surface area (Å²) in [7, 11) is 0. The summed E-state index contributed by atoms with van der Waals surface area (Å²) >= 11 is 0. The zero-order valence-electron chi connectivity index (χ0n) is 23.6. The standard InChI is InChI=1S/C39H24N4O/c1-2-10-25(11-3-1)26-18-20-27(21-19-26)41-33-15-7-4-12-29(33)31-24-28(22-23-34(31)41)42-37-30-13-5-9-17-36(30)44-38(37)43-35-16-8-6-14-32(35)40-39(42)43/h1-24H. The number of hydrogen-bond acceptors (Lipinski definition) is 2. The molecular formula is C39H24N4O. The zero-order chi connectivity index (χ0) is 28.8. The minimum Gasteiger partial charge on any atom is -0.437 e. The average Bonchev–Trinajstić information content (AvgIpc) is 3.81. The van der Waals surface area contributed by atoms with Crippen molar-refractivity contribution in [3.63, 3.8) is 0 Å². The third-order valence-corrected chi connectivity index (χ3v) is 8.87. The fraction of sp³-hybridized carbons (Fsp3) is 0. The van der Waals surface area contributed by atoms with E-state index in [1.807, 2.05) is 18.2 Å². The number of benzene rings is 6. The van der Waals surface area contributed by atoms with Gasteiger partial charge in [-0.25, -0.2) is 9.38 Å². The average molecular weight is 565 g/mol. The molecule has 0 atom stereocenters. The molecule has 0 amide bonds. The SMILES string of the molecule is c1ccc(-c2ccc(-n3c4ccccc4c4cc(-n5c6c7ccccc7oc6n6c7ccccc7nc56)ccc43)cc2)cc1. The molecule has 5 nitrogen and oxygen atoms in total. The Morgan fingerprint density at radius 3 is 2.00 bits per heavy atom. The Hall–Kier alpha value is -6.07. The van der Waals surface area contributed by atoms with Crippen molar-refractivity contribution in [3.05, 3.63) is 146 Å². The van der Waals surface area contributed by atoms with Crippen molar-refractivity contribution in [2.75, 3.05) is 0 Å². The minimum atomic E-state index is 0.802. The largest absolute Gasteiger partial charge is 0.437 e. The smallest absolute Gasteiger partial charge is 0.232 e. The van der Waals surface area contributed by atoms with Crippen LogP contribution >= 0.6 is 0 Å². The number of hydrogen-bond donors (Lipinski definition) is 0. The Balaban J connectivity index is 1.24. The van der Waals surface area contributed by atoms with Crippen molar-refractivity contribution in [2.45, 2.75) is 0 Å². The highest BCUT2D eigenvalue weighted by molar-refractivity contribution is 6.11. The highest BCUT2D eigenvalue weighted by atomic mass is 16.3. The van der Waals surface area contributed by atoms with Crippen LogP contribution in [0.1, 0.15) is 0 Å². The van der Waals surface area contributed by atoms with E-state index in [4.69, 9.17) is 9.40 Å². The number of furan rings is 1. The summed E-state index contributed by atoms with van der Waals surface area (Å²) in [4.78, 5) is 5.10. The summed E-state index contributed by atoms with van der Waals surface area (Å²) in [6.07, 6.45) is 0. The summed E-state index contributed by atoms with van der Waals surface area (Å²) in [5.74, 6) is 0.838. The van der Waals surface area contributed by atoms with Gasteiger partial charge in [0.1, 0.15) is 11.1 Å². The van der Waals surface area contributed by atoms with Crippen LogP contribution in [0.4, 0.5) is 0 Å². The van der Waals surface area contributed by atoms with Crippen LogP contribution in [0.25, 0.3) is 83.3 Å². The van der Waals surface area contributed by atoms with Crippen LogP contribution < -0.4 is 0 Å². The van der Waals surface area contributed by atoms with Crippen LogP contribution in [0.2, 0.25) is 0 Å². The van der Waals surface area contributed by atoms with E-state index < -0.39 is 0 Å². The van der Waals surface area contributed by atoms with Crippen LogP contribution in [0.3, 0.4) is 0 Å². The van der Waals surface area contributed by atoms with Crippen LogP contribution in [0, 0.1) is 0 Å². The van der Waals surface area contributed by atoms with Gasteiger partial charge in [0.15, 0.2) is 0 Å². The summed E-state index contributed by atoms with van der Waals surface area (Å²) in [5.41, 5.74) is 11.6. The van der Waals surface area contributed by atoms with E-state index in [2.05, 4.69) is 141 Å². The molecule has 0 fully saturated rings. The number of rotatable bonds is 3. The molecule has 0 saturated heterocycles. The lowest BCUT2D eigenvalue weighted by atomic mass is 10.1. The van der Waals surface area contributed by atoms with Gasteiger partial charge in [-0.1, -0.05) is 84.9 Å². The maximum Gasteiger partial charge on any atom is 0.232 e. The van der Waals surface area contributed by atoms with Crippen LogP contribution in [0.5, 0.6) is 0 Å². The number of nitrogens with zero attached hydrogens (tertiary/aromatic N) is 4. The maximum atomic E-state index is 6.49. The fourth-order valence-electron chi connectivity index (χ4n) is 6.91. The molecule has 0 spiro atoms. The molecule has 0 aliphatic rings. The molecule has 0 unspecified atom stereocenters. The molecule has 0 aliphatic carbocycles. The topological polar surface area (TPSA) is 40.3 Å². The van der Waals surface area contributed by atoms with Crippen molar-refractivity contribution in [3.8, 4) is 22.5 Å². The molecular weight excluding hydrogens is 540 g/mol. The monoisotopic (exact) mass is 564 g/mol. The van der Waals surface area contributed by atoms with Gasteiger partial charge in [0, 0.05) is 21.8 Å². The van der Waals surface area contributed by atoms with Gasteiger partial charge in [-0.05, 0) is 71.8 Å². The Morgan fingerprint density at radius 1 is 0.477 bits per heavy atom. The first-order chi connectivity index (χ1) is 21.8. The summed E-state index contributed by atoms with van der Waals surface area (Å²) in [6, 6.07) is 51.3. The van der Waals surface area contributed by atoms with Crippen molar-refractivity contribution >= 4 is 60.8 Å². The Morgan fingerprint density at radius 2 is 1.14 bits per heavy atom. The van der Waals surface area contributed by atoms with Crippen LogP contribution in [-0.2, 0) is 0 Å². The van der Waals surface area contributed by atoms with E-state index in [0.29, 0.717) is 0 Å². The second-order valence-electron chi connectivity index (χ2n) is 11.3.